The molecule has 410 valence electrons. The molecule has 0 radical (unpaired) electrons. The summed E-state index contributed by atoms with van der Waals surface area (Å²) in [6, 6.07) is 0. The summed E-state index contributed by atoms with van der Waals surface area (Å²) >= 11 is 0. The summed E-state index contributed by atoms with van der Waals surface area (Å²) in [6.07, 6.45) is 43.7. The van der Waals surface area contributed by atoms with E-state index in [0.717, 1.165) is 122 Å². The van der Waals surface area contributed by atoms with E-state index in [1.807, 2.05) is 0 Å². The standard InChI is InChI=1S/C59H102O12/c1-4-7-10-13-16-19-22-25-26-29-30-33-36-39-42-45-51(60)67-48-50(69-52(61)46-43-40-37-34-31-27-23-20-17-14-11-8-5-2)49-68-59-57(55(64)54(63)56(71-59)58(65)66)70-53(62)47-44-41-38-35-32-28-24-21-18-15-12-9-6-3/h16,19-21,23-26,50,54-57,59,63-64H,4-15,17-18,22,27-49H2,1-3H3,(H,65,66)/b19-16-,23-20-,24-21-,26-25-. The van der Waals surface area contributed by atoms with Gasteiger partial charge in [0.15, 0.2) is 24.6 Å². The number of aliphatic carboxylic acids is 1. The van der Waals surface area contributed by atoms with Crippen LogP contribution >= 0.6 is 0 Å². The van der Waals surface area contributed by atoms with Gasteiger partial charge < -0.3 is 39.0 Å². The Morgan fingerprint density at radius 3 is 1.31 bits per heavy atom. The first kappa shape index (κ1) is 65.7. The SMILES string of the molecule is CCCCC/C=C\C/C=C\CCCCCCCC(=O)OCC(COC1OC(C(=O)O)C(O)C(O)C1OC(=O)CCCCCCC/C=C\CCCCCC)OC(=O)CCCCCCC/C=C\CCCCCC. The molecule has 0 amide bonds. The number of rotatable bonds is 48. The van der Waals surface area contributed by atoms with E-state index in [9.17, 15) is 34.5 Å². The summed E-state index contributed by atoms with van der Waals surface area (Å²) in [7, 11) is 0. The monoisotopic (exact) mass is 1000 g/mol. The van der Waals surface area contributed by atoms with Crippen molar-refractivity contribution >= 4 is 23.9 Å². The topological polar surface area (TPSA) is 175 Å². The maximum absolute atomic E-state index is 13.1. The second-order valence-electron chi connectivity index (χ2n) is 19.6. The van der Waals surface area contributed by atoms with Crippen molar-refractivity contribution in [3.8, 4) is 0 Å². The normalized spacial score (nSPS) is 18.8. The van der Waals surface area contributed by atoms with Crippen molar-refractivity contribution in [2.45, 2.75) is 289 Å². The molecule has 1 saturated heterocycles. The smallest absolute Gasteiger partial charge is 0.335 e. The van der Waals surface area contributed by atoms with E-state index in [4.69, 9.17) is 23.7 Å². The number of hydrogen-bond donors (Lipinski definition) is 3. The van der Waals surface area contributed by atoms with E-state index in [2.05, 4.69) is 69.4 Å². The van der Waals surface area contributed by atoms with E-state index < -0.39 is 67.3 Å². The summed E-state index contributed by atoms with van der Waals surface area (Å²) in [6.45, 7) is 5.91. The summed E-state index contributed by atoms with van der Waals surface area (Å²) < 4.78 is 28.4. The van der Waals surface area contributed by atoms with Gasteiger partial charge in [-0.25, -0.2) is 4.79 Å². The molecule has 1 aliphatic heterocycles. The molecule has 0 aromatic carbocycles. The number of aliphatic hydroxyl groups excluding tert-OH is 2. The molecule has 1 rings (SSSR count). The van der Waals surface area contributed by atoms with Crippen LogP contribution in [0.1, 0.15) is 252 Å². The first-order valence-electron chi connectivity index (χ1n) is 28.6. The molecule has 1 fully saturated rings. The largest absolute Gasteiger partial charge is 0.479 e. The van der Waals surface area contributed by atoms with Crippen LogP contribution < -0.4 is 0 Å². The van der Waals surface area contributed by atoms with Crippen molar-refractivity contribution in [1.29, 1.82) is 0 Å². The van der Waals surface area contributed by atoms with Crippen molar-refractivity contribution in [1.82, 2.24) is 0 Å². The molecule has 0 aliphatic carbocycles. The molecular weight excluding hydrogens is 901 g/mol. The second kappa shape index (κ2) is 47.7. The van der Waals surface area contributed by atoms with E-state index in [1.165, 1.54) is 70.6 Å². The first-order chi connectivity index (χ1) is 34.6. The Kier molecular flexibility index (Phi) is 44.1. The first-order valence-corrected chi connectivity index (χ1v) is 28.6. The van der Waals surface area contributed by atoms with Gasteiger partial charge in [-0.05, 0) is 103 Å². The van der Waals surface area contributed by atoms with Crippen LogP contribution in [-0.4, -0.2) is 89.2 Å². The number of carboxylic acids is 1. The van der Waals surface area contributed by atoms with Gasteiger partial charge in [0.25, 0.3) is 0 Å². The third-order valence-electron chi connectivity index (χ3n) is 12.8. The number of hydrogen-bond acceptors (Lipinski definition) is 11. The number of esters is 3. The summed E-state index contributed by atoms with van der Waals surface area (Å²) in [5.74, 6) is -3.15. The average Bonchev–Trinajstić information content (AvgIpc) is 3.35. The average molecular weight is 1000 g/mol. The molecule has 0 spiro atoms. The zero-order valence-corrected chi connectivity index (χ0v) is 45.0. The number of ether oxygens (including phenoxy) is 5. The quantitative estimate of drug-likeness (QED) is 0.0228. The van der Waals surface area contributed by atoms with Gasteiger partial charge in [-0.2, -0.15) is 0 Å². The maximum atomic E-state index is 13.1. The van der Waals surface area contributed by atoms with Gasteiger partial charge in [0.05, 0.1) is 6.61 Å². The minimum atomic E-state index is -1.91. The van der Waals surface area contributed by atoms with E-state index in [-0.39, 0.29) is 25.9 Å². The highest BCUT2D eigenvalue weighted by molar-refractivity contribution is 5.74. The van der Waals surface area contributed by atoms with Gasteiger partial charge in [-0.3, -0.25) is 14.4 Å². The summed E-state index contributed by atoms with van der Waals surface area (Å²) in [4.78, 5) is 51.0. The molecule has 0 aromatic rings. The van der Waals surface area contributed by atoms with Crippen molar-refractivity contribution in [2.24, 2.45) is 0 Å². The fourth-order valence-electron chi connectivity index (χ4n) is 8.39. The molecule has 3 N–H and O–H groups in total. The Balaban J connectivity index is 2.72. The molecule has 71 heavy (non-hydrogen) atoms. The van der Waals surface area contributed by atoms with Crippen LogP contribution in [0.2, 0.25) is 0 Å². The molecule has 0 bridgehead atoms. The molecular formula is C59H102O12. The molecule has 12 heteroatoms. The third-order valence-corrected chi connectivity index (χ3v) is 12.8. The van der Waals surface area contributed by atoms with Gasteiger partial charge in [0.1, 0.15) is 18.8 Å². The molecule has 0 saturated carbocycles. The second-order valence-corrected chi connectivity index (χ2v) is 19.6. The predicted octanol–water partition coefficient (Wildman–Crippen LogP) is 14.2. The van der Waals surface area contributed by atoms with Gasteiger partial charge in [0, 0.05) is 19.3 Å². The number of unbranched alkanes of at least 4 members (excludes halogenated alkanes) is 26. The van der Waals surface area contributed by atoms with Crippen LogP contribution in [0.5, 0.6) is 0 Å². The Morgan fingerprint density at radius 2 is 0.845 bits per heavy atom. The number of aliphatic hydroxyl groups is 2. The maximum Gasteiger partial charge on any atom is 0.335 e. The van der Waals surface area contributed by atoms with Crippen LogP contribution in [0.4, 0.5) is 0 Å². The van der Waals surface area contributed by atoms with Crippen molar-refractivity contribution in [2.75, 3.05) is 13.2 Å². The Morgan fingerprint density at radius 1 is 0.465 bits per heavy atom. The molecule has 1 aliphatic rings. The van der Waals surface area contributed by atoms with E-state index in [1.54, 1.807) is 0 Å². The van der Waals surface area contributed by atoms with Crippen LogP contribution in [0.15, 0.2) is 48.6 Å². The Labute approximate surface area is 431 Å². The lowest BCUT2D eigenvalue weighted by molar-refractivity contribution is -0.301. The fraction of sp³-hybridized carbons (Fsp3) is 0.797. The number of carboxylic acid groups (broad SMARTS) is 1. The number of carbonyl (C=O) groups excluding carboxylic acids is 3. The molecule has 6 atom stereocenters. The lowest BCUT2D eigenvalue weighted by Gasteiger charge is -2.40. The molecule has 6 unspecified atom stereocenters. The van der Waals surface area contributed by atoms with E-state index >= 15 is 0 Å². The number of carbonyl (C=O) groups is 4. The minimum Gasteiger partial charge on any atom is -0.479 e. The van der Waals surface area contributed by atoms with Gasteiger partial charge in [0.2, 0.25) is 0 Å². The zero-order chi connectivity index (χ0) is 51.8. The van der Waals surface area contributed by atoms with Crippen molar-refractivity contribution in [3.05, 3.63) is 48.6 Å². The zero-order valence-electron chi connectivity index (χ0n) is 45.0. The molecule has 12 nitrogen and oxygen atoms in total. The fourth-order valence-corrected chi connectivity index (χ4v) is 8.39. The van der Waals surface area contributed by atoms with Crippen LogP contribution in [0.25, 0.3) is 0 Å². The van der Waals surface area contributed by atoms with Crippen LogP contribution in [-0.2, 0) is 42.9 Å². The van der Waals surface area contributed by atoms with E-state index in [0.29, 0.717) is 19.3 Å². The van der Waals surface area contributed by atoms with Gasteiger partial charge in [-0.1, -0.05) is 179 Å². The molecule has 1 heterocycles. The predicted molar refractivity (Wildman–Crippen MR) is 285 cm³/mol. The van der Waals surface area contributed by atoms with Gasteiger partial charge >= 0.3 is 23.9 Å². The number of allylic oxidation sites excluding steroid dienone is 8. The van der Waals surface area contributed by atoms with Crippen molar-refractivity contribution < 1.29 is 58.2 Å². The highest BCUT2D eigenvalue weighted by Gasteiger charge is 2.50. The lowest BCUT2D eigenvalue weighted by Crippen LogP contribution is -2.61. The summed E-state index contributed by atoms with van der Waals surface area (Å²) in [5, 5.41) is 31.4. The third kappa shape index (κ3) is 38.0. The van der Waals surface area contributed by atoms with Crippen molar-refractivity contribution in [3.63, 3.8) is 0 Å². The lowest BCUT2D eigenvalue weighted by atomic mass is 9.98. The van der Waals surface area contributed by atoms with Crippen LogP contribution in [0.3, 0.4) is 0 Å². The summed E-state index contributed by atoms with van der Waals surface area (Å²) in [5.41, 5.74) is 0. The Hall–Kier alpha value is -3.32. The van der Waals surface area contributed by atoms with Gasteiger partial charge in [-0.15, -0.1) is 0 Å². The molecule has 0 aromatic heterocycles. The highest BCUT2D eigenvalue weighted by atomic mass is 16.7. The Bertz CT molecular complexity index is 1420. The minimum absolute atomic E-state index is 0.0488. The highest BCUT2D eigenvalue weighted by Crippen LogP contribution is 2.26. The van der Waals surface area contributed by atoms with Crippen LogP contribution in [0, 0.1) is 0 Å².